The minimum Gasteiger partial charge on any atom is -0.497 e. The van der Waals surface area contributed by atoms with Gasteiger partial charge in [-0.25, -0.2) is 4.98 Å². The Bertz CT molecular complexity index is 1030. The number of hydrogen-bond donors (Lipinski definition) is 1. The Balaban J connectivity index is 1.89. The minimum absolute atomic E-state index is 0.155. The van der Waals surface area contributed by atoms with Crippen LogP contribution in [0.3, 0.4) is 0 Å². The van der Waals surface area contributed by atoms with E-state index in [2.05, 4.69) is 14.7 Å². The van der Waals surface area contributed by atoms with Crippen LogP contribution in [0.15, 0.2) is 34.2 Å². The third-order valence-corrected chi connectivity index (χ3v) is 6.03. The molecule has 0 atom stereocenters. The first kappa shape index (κ1) is 19.4. The summed E-state index contributed by atoms with van der Waals surface area (Å²) in [6.45, 7) is 1.99. The zero-order valence-electron chi connectivity index (χ0n) is 15.3. The van der Waals surface area contributed by atoms with E-state index in [9.17, 15) is 9.59 Å². The molecule has 3 aromatic rings. The molecule has 3 rings (SSSR count). The quantitative estimate of drug-likeness (QED) is 0.277. The predicted molar refractivity (Wildman–Crippen MR) is 109 cm³/mol. The van der Waals surface area contributed by atoms with Crippen LogP contribution >= 0.6 is 23.1 Å². The number of H-pyrrole nitrogens is 1. The van der Waals surface area contributed by atoms with Gasteiger partial charge in [-0.05, 0) is 31.0 Å². The molecule has 0 unspecified atom stereocenters. The van der Waals surface area contributed by atoms with Gasteiger partial charge in [0.15, 0.2) is 5.16 Å². The van der Waals surface area contributed by atoms with E-state index in [0.717, 1.165) is 21.8 Å². The van der Waals surface area contributed by atoms with Crippen LogP contribution in [-0.4, -0.2) is 35.9 Å². The van der Waals surface area contributed by atoms with Gasteiger partial charge < -0.3 is 14.5 Å². The maximum atomic E-state index is 12.7. The minimum atomic E-state index is -0.232. The van der Waals surface area contributed by atoms with Crippen molar-refractivity contribution in [2.24, 2.45) is 0 Å². The second kappa shape index (κ2) is 8.58. The van der Waals surface area contributed by atoms with Crippen molar-refractivity contribution in [3.8, 4) is 16.9 Å². The molecule has 0 spiro atoms. The molecular weight excluding hydrogens is 384 g/mol. The van der Waals surface area contributed by atoms with Gasteiger partial charge in [0, 0.05) is 22.6 Å². The summed E-state index contributed by atoms with van der Waals surface area (Å²) in [5.74, 6) is 1.19. The van der Waals surface area contributed by atoms with Crippen LogP contribution in [0, 0.1) is 6.92 Å². The van der Waals surface area contributed by atoms with Crippen LogP contribution in [-0.2, 0) is 9.53 Å². The van der Waals surface area contributed by atoms with Gasteiger partial charge in [-0.1, -0.05) is 23.9 Å². The highest BCUT2D eigenvalue weighted by atomic mass is 32.2. The van der Waals surface area contributed by atoms with Crippen molar-refractivity contribution in [3.63, 3.8) is 0 Å². The van der Waals surface area contributed by atoms with E-state index in [1.54, 1.807) is 7.11 Å². The van der Waals surface area contributed by atoms with E-state index < -0.39 is 0 Å². The number of benzene rings is 1. The maximum Gasteiger partial charge on any atom is 0.305 e. The lowest BCUT2D eigenvalue weighted by molar-refractivity contribution is -0.140. The summed E-state index contributed by atoms with van der Waals surface area (Å²) in [5.41, 5.74) is 1.67. The number of fused-ring (bicyclic) bond motifs is 1. The first-order chi connectivity index (χ1) is 13.0. The fourth-order valence-corrected chi connectivity index (χ4v) is 4.69. The van der Waals surface area contributed by atoms with Crippen LogP contribution in [0.2, 0.25) is 0 Å². The van der Waals surface area contributed by atoms with E-state index in [-0.39, 0.29) is 11.5 Å². The first-order valence-corrected chi connectivity index (χ1v) is 10.2. The van der Waals surface area contributed by atoms with Gasteiger partial charge in [0.05, 0.1) is 19.6 Å². The topological polar surface area (TPSA) is 81.3 Å². The van der Waals surface area contributed by atoms with Crippen LogP contribution in [0.25, 0.3) is 21.3 Å². The Labute approximate surface area is 164 Å². The fraction of sp³-hybridized carbons (Fsp3) is 0.316. The van der Waals surface area contributed by atoms with Crippen LogP contribution in [0.5, 0.6) is 5.75 Å². The second-order valence-corrected chi connectivity index (χ2v) is 8.13. The number of nitrogens with one attached hydrogen (secondary N) is 1. The number of ether oxygens (including phenoxy) is 2. The Morgan fingerprint density at radius 2 is 2.15 bits per heavy atom. The average molecular weight is 405 g/mol. The van der Waals surface area contributed by atoms with Gasteiger partial charge in [-0.15, -0.1) is 11.3 Å². The number of thioether (sulfide) groups is 1. The molecule has 2 heterocycles. The number of nitrogens with zero attached hydrogens (tertiary/aromatic N) is 1. The number of methoxy groups -OCH3 is 2. The molecule has 2 aromatic heterocycles. The third kappa shape index (κ3) is 4.33. The summed E-state index contributed by atoms with van der Waals surface area (Å²) in [6.07, 6.45) is 1.02. The molecule has 0 radical (unpaired) electrons. The normalized spacial score (nSPS) is 10.9. The molecular formula is C19H20N2O4S2. The number of aromatic amines is 1. The largest absolute Gasteiger partial charge is 0.497 e. The number of hydrogen-bond acceptors (Lipinski definition) is 7. The maximum absolute atomic E-state index is 12.7. The fourth-order valence-electron chi connectivity index (χ4n) is 2.78. The van der Waals surface area contributed by atoms with E-state index >= 15 is 0 Å². The number of carbonyl (C=O) groups excluding carboxylic acids is 1. The Hall–Kier alpha value is -2.32. The number of aromatic nitrogens is 2. The molecule has 6 nitrogen and oxygen atoms in total. The summed E-state index contributed by atoms with van der Waals surface area (Å²) in [7, 11) is 3.00. The summed E-state index contributed by atoms with van der Waals surface area (Å²) in [6, 6.07) is 7.67. The number of esters is 1. The SMILES string of the molecule is COC(=O)CCCSc1nc2sc(C)c(-c3cccc(OC)c3)c2c(=O)[nH]1. The van der Waals surface area contributed by atoms with Crippen molar-refractivity contribution in [3.05, 3.63) is 39.5 Å². The smallest absolute Gasteiger partial charge is 0.305 e. The lowest BCUT2D eigenvalue weighted by Gasteiger charge is -2.05. The molecule has 0 saturated heterocycles. The van der Waals surface area contributed by atoms with Crippen LogP contribution in [0.4, 0.5) is 0 Å². The Kier molecular flexibility index (Phi) is 6.18. The Morgan fingerprint density at radius 1 is 1.33 bits per heavy atom. The van der Waals surface area contributed by atoms with Gasteiger partial charge >= 0.3 is 5.97 Å². The van der Waals surface area contributed by atoms with Crippen molar-refractivity contribution in [1.82, 2.24) is 9.97 Å². The van der Waals surface area contributed by atoms with Crippen molar-refractivity contribution < 1.29 is 14.3 Å². The second-order valence-electron chi connectivity index (χ2n) is 5.84. The summed E-state index contributed by atoms with van der Waals surface area (Å²) in [5, 5.41) is 1.17. The number of aryl methyl sites for hydroxylation is 1. The summed E-state index contributed by atoms with van der Waals surface area (Å²) >= 11 is 2.93. The molecule has 0 aliphatic rings. The van der Waals surface area contributed by atoms with Gasteiger partial charge in [0.1, 0.15) is 10.6 Å². The molecule has 1 N–H and O–H groups in total. The third-order valence-electron chi connectivity index (χ3n) is 4.07. The Morgan fingerprint density at radius 3 is 2.89 bits per heavy atom. The van der Waals surface area contributed by atoms with Gasteiger partial charge in [-0.2, -0.15) is 0 Å². The highest BCUT2D eigenvalue weighted by molar-refractivity contribution is 7.99. The van der Waals surface area contributed by atoms with Crippen molar-refractivity contribution >= 4 is 39.3 Å². The number of rotatable bonds is 7. The molecule has 0 aliphatic carbocycles. The summed E-state index contributed by atoms with van der Waals surface area (Å²) in [4.78, 5) is 33.1. The highest BCUT2D eigenvalue weighted by Gasteiger charge is 2.17. The number of thiophene rings is 1. The molecule has 0 fully saturated rings. The predicted octanol–water partition coefficient (Wildman–Crippen LogP) is 4.01. The van der Waals surface area contributed by atoms with Crippen LogP contribution < -0.4 is 10.3 Å². The molecule has 27 heavy (non-hydrogen) atoms. The highest BCUT2D eigenvalue weighted by Crippen LogP contribution is 2.37. The molecule has 8 heteroatoms. The van der Waals surface area contributed by atoms with Gasteiger partial charge in [-0.3, -0.25) is 9.59 Å². The van der Waals surface area contributed by atoms with E-state index in [1.165, 1.54) is 30.2 Å². The molecule has 0 bridgehead atoms. The standard InChI is InChI=1S/C19H20N2O4S2/c1-11-15(12-6-4-7-13(10-12)24-2)16-17(23)20-19(21-18(16)27-11)26-9-5-8-14(22)25-3/h4,6-7,10H,5,8-9H2,1-3H3,(H,20,21,23). The van der Waals surface area contributed by atoms with E-state index in [0.29, 0.717) is 34.0 Å². The van der Waals surface area contributed by atoms with Gasteiger partial charge in [0.2, 0.25) is 0 Å². The molecule has 0 amide bonds. The van der Waals surface area contributed by atoms with E-state index in [4.69, 9.17) is 4.74 Å². The van der Waals surface area contributed by atoms with Gasteiger partial charge in [0.25, 0.3) is 5.56 Å². The molecule has 142 valence electrons. The lowest BCUT2D eigenvalue weighted by atomic mass is 10.0. The zero-order valence-corrected chi connectivity index (χ0v) is 17.0. The molecule has 0 saturated carbocycles. The van der Waals surface area contributed by atoms with Crippen molar-refractivity contribution in [2.75, 3.05) is 20.0 Å². The average Bonchev–Trinajstić information content (AvgIpc) is 3.01. The lowest BCUT2D eigenvalue weighted by Crippen LogP contribution is -2.09. The van der Waals surface area contributed by atoms with Crippen molar-refractivity contribution in [1.29, 1.82) is 0 Å². The monoisotopic (exact) mass is 404 g/mol. The zero-order chi connectivity index (χ0) is 19.4. The van der Waals surface area contributed by atoms with E-state index in [1.807, 2.05) is 31.2 Å². The van der Waals surface area contributed by atoms with Crippen LogP contribution in [0.1, 0.15) is 17.7 Å². The molecule has 0 aliphatic heterocycles. The number of carbonyl (C=O) groups is 1. The molecule has 1 aromatic carbocycles. The van der Waals surface area contributed by atoms with Crippen molar-refractivity contribution in [2.45, 2.75) is 24.9 Å². The summed E-state index contributed by atoms with van der Waals surface area (Å²) < 4.78 is 9.92. The first-order valence-electron chi connectivity index (χ1n) is 8.41.